The summed E-state index contributed by atoms with van der Waals surface area (Å²) in [6, 6.07) is 3.75. The number of fused-ring (bicyclic) bond motifs is 2. The Labute approximate surface area is 251 Å². The summed E-state index contributed by atoms with van der Waals surface area (Å²) in [5.41, 5.74) is -1.43. The molecule has 2 aliphatic heterocycles. The van der Waals surface area contributed by atoms with E-state index in [1.807, 2.05) is 20.8 Å². The van der Waals surface area contributed by atoms with Gasteiger partial charge in [-0.25, -0.2) is 0 Å². The number of carbonyl (C=O) groups excluding carboxylic acids is 5. The molecule has 2 heterocycles. The number of hydrogen-bond donors (Lipinski definition) is 3. The summed E-state index contributed by atoms with van der Waals surface area (Å²) >= 11 is 6.53. The molecule has 0 unspecified atom stereocenters. The molecule has 1 aromatic carbocycles. The number of cyclic esters (lactones) is 1. The van der Waals surface area contributed by atoms with E-state index in [4.69, 9.17) is 21.1 Å². The van der Waals surface area contributed by atoms with Gasteiger partial charge in [0.2, 0.25) is 23.9 Å². The first-order chi connectivity index (χ1) is 19.7. The van der Waals surface area contributed by atoms with Crippen molar-refractivity contribution in [2.24, 2.45) is 17.3 Å². The number of ether oxygens (including phenoxy) is 2. The molecule has 3 N–H and O–H groups in total. The van der Waals surface area contributed by atoms with E-state index in [0.717, 1.165) is 6.42 Å². The summed E-state index contributed by atoms with van der Waals surface area (Å²) in [4.78, 5) is 67.3. The molecular weight excluding hydrogens is 564 g/mol. The predicted octanol–water partition coefficient (Wildman–Crippen LogP) is 3.25. The smallest absolute Gasteiger partial charge is 0.310 e. The topological polar surface area (TPSA) is 143 Å². The van der Waals surface area contributed by atoms with Crippen LogP contribution in [0.1, 0.15) is 77.6 Å². The molecular formula is C30H41ClN4O7. The Balaban J connectivity index is 1.56. The molecule has 0 spiro atoms. The Bertz CT molecular complexity index is 1260. The van der Waals surface area contributed by atoms with Crippen LogP contribution in [0, 0.1) is 17.3 Å². The molecule has 0 radical (unpaired) electrons. The Morgan fingerprint density at radius 1 is 1.21 bits per heavy atom. The molecule has 4 amide bonds. The van der Waals surface area contributed by atoms with Crippen LogP contribution in [0.2, 0.25) is 5.02 Å². The molecule has 2 bridgehead atoms. The lowest BCUT2D eigenvalue weighted by molar-refractivity contribution is -0.154. The summed E-state index contributed by atoms with van der Waals surface area (Å²) in [5.74, 6) is -2.19. The molecule has 3 fully saturated rings. The highest BCUT2D eigenvalue weighted by Gasteiger charge is 2.59. The van der Waals surface area contributed by atoms with E-state index in [0.29, 0.717) is 31.7 Å². The van der Waals surface area contributed by atoms with Crippen molar-refractivity contribution in [3.63, 3.8) is 0 Å². The quantitative estimate of drug-likeness (QED) is 0.367. The molecule has 42 heavy (non-hydrogen) atoms. The SMILES string of the molecule is CCO[C@H]1CC(=O)O[C@H]1NC(=O)[C@@]12CC[C@@H](CN1C(=O)[C@@H](NC(=O)c1cccc(NC(=O)C(C)C)c1Cl)C(C)(C)C)C2. The van der Waals surface area contributed by atoms with Crippen molar-refractivity contribution >= 4 is 46.9 Å². The van der Waals surface area contributed by atoms with Crippen molar-refractivity contribution in [1.29, 1.82) is 0 Å². The van der Waals surface area contributed by atoms with Crippen LogP contribution in [0.3, 0.4) is 0 Å². The predicted molar refractivity (Wildman–Crippen MR) is 155 cm³/mol. The zero-order chi connectivity index (χ0) is 31.0. The van der Waals surface area contributed by atoms with Gasteiger partial charge in [0.15, 0.2) is 0 Å². The van der Waals surface area contributed by atoms with Crippen LogP contribution in [0.5, 0.6) is 0 Å². The van der Waals surface area contributed by atoms with E-state index in [-0.39, 0.29) is 40.7 Å². The highest BCUT2D eigenvalue weighted by Crippen LogP contribution is 2.47. The van der Waals surface area contributed by atoms with Crippen molar-refractivity contribution in [2.75, 3.05) is 18.5 Å². The number of halogens is 1. The first kappa shape index (κ1) is 31.7. The van der Waals surface area contributed by atoms with Gasteiger partial charge in [0.25, 0.3) is 5.91 Å². The van der Waals surface area contributed by atoms with Gasteiger partial charge < -0.3 is 30.3 Å². The molecule has 1 aliphatic carbocycles. The van der Waals surface area contributed by atoms with Crippen molar-refractivity contribution in [2.45, 2.75) is 91.1 Å². The number of carbonyl (C=O) groups is 5. The number of anilines is 1. The van der Waals surface area contributed by atoms with Crippen LogP contribution in [-0.4, -0.2) is 71.6 Å². The lowest BCUT2D eigenvalue weighted by Gasteiger charge is -2.42. The number of hydrogen-bond acceptors (Lipinski definition) is 7. The second-order valence-electron chi connectivity index (χ2n) is 12.8. The lowest BCUT2D eigenvalue weighted by atomic mass is 9.84. The van der Waals surface area contributed by atoms with Crippen molar-refractivity contribution < 1.29 is 33.4 Å². The van der Waals surface area contributed by atoms with E-state index in [2.05, 4.69) is 16.0 Å². The minimum atomic E-state index is -1.12. The third-order valence-electron chi connectivity index (χ3n) is 8.27. The Morgan fingerprint density at radius 2 is 1.93 bits per heavy atom. The third-order valence-corrected chi connectivity index (χ3v) is 8.68. The van der Waals surface area contributed by atoms with E-state index in [1.54, 1.807) is 37.8 Å². The van der Waals surface area contributed by atoms with E-state index in [1.165, 1.54) is 6.07 Å². The molecule has 12 heteroatoms. The number of rotatable bonds is 9. The monoisotopic (exact) mass is 604 g/mol. The highest BCUT2D eigenvalue weighted by atomic mass is 35.5. The molecule has 0 aromatic heterocycles. The van der Waals surface area contributed by atoms with Crippen LogP contribution < -0.4 is 16.0 Å². The van der Waals surface area contributed by atoms with Gasteiger partial charge in [-0.15, -0.1) is 0 Å². The number of nitrogens with one attached hydrogen (secondary N) is 3. The van der Waals surface area contributed by atoms with Crippen LogP contribution in [0.25, 0.3) is 0 Å². The Hall–Kier alpha value is -3.18. The van der Waals surface area contributed by atoms with E-state index < -0.39 is 47.1 Å². The van der Waals surface area contributed by atoms with Gasteiger partial charge in [-0.3, -0.25) is 24.0 Å². The molecule has 2 saturated heterocycles. The largest absolute Gasteiger partial charge is 0.439 e. The Morgan fingerprint density at radius 3 is 2.55 bits per heavy atom. The standard InChI is InChI=1S/C30H41ClN4O7/c1-7-41-20-13-21(36)42-26(20)34-28(40)30-12-11-17(14-30)15-35(30)27(39)23(29(4,5)6)33-25(38)18-9-8-10-19(22(18)31)32-24(37)16(2)3/h8-10,16-17,20,23,26H,7,11-15H2,1-6H3,(H,32,37)(H,33,38)(H,34,40)/t17-,20+,23-,26-,30+/m1/s1. The summed E-state index contributed by atoms with van der Waals surface area (Å²) in [5, 5.41) is 8.48. The number of nitrogens with zero attached hydrogens (tertiary/aromatic N) is 1. The van der Waals surface area contributed by atoms with Crippen LogP contribution in [-0.2, 0) is 28.7 Å². The van der Waals surface area contributed by atoms with Crippen LogP contribution in [0.4, 0.5) is 5.69 Å². The third kappa shape index (κ3) is 6.27. The van der Waals surface area contributed by atoms with Crippen LogP contribution in [0.15, 0.2) is 18.2 Å². The maximum absolute atomic E-state index is 14.2. The second-order valence-corrected chi connectivity index (χ2v) is 13.1. The maximum atomic E-state index is 14.2. The van der Waals surface area contributed by atoms with Gasteiger partial charge in [0.05, 0.1) is 22.7 Å². The van der Waals surface area contributed by atoms with Gasteiger partial charge in [0, 0.05) is 19.1 Å². The first-order valence-corrected chi connectivity index (χ1v) is 14.9. The van der Waals surface area contributed by atoms with E-state index >= 15 is 0 Å². The number of likely N-dealkylation sites (tertiary alicyclic amines) is 1. The second kappa shape index (κ2) is 12.2. The molecule has 230 valence electrons. The summed E-state index contributed by atoms with van der Waals surface area (Å²) in [7, 11) is 0. The molecule has 4 rings (SSSR count). The minimum Gasteiger partial charge on any atom is -0.439 e. The number of amides is 4. The van der Waals surface area contributed by atoms with Gasteiger partial charge in [-0.1, -0.05) is 52.3 Å². The van der Waals surface area contributed by atoms with Gasteiger partial charge in [-0.05, 0) is 49.7 Å². The summed E-state index contributed by atoms with van der Waals surface area (Å²) in [6.07, 6.45) is 0.244. The fourth-order valence-corrected chi connectivity index (χ4v) is 6.22. The Kier molecular flexibility index (Phi) is 9.22. The molecule has 1 saturated carbocycles. The highest BCUT2D eigenvalue weighted by molar-refractivity contribution is 6.37. The fourth-order valence-electron chi connectivity index (χ4n) is 5.97. The zero-order valence-corrected chi connectivity index (χ0v) is 25.8. The normalized spacial score (nSPS) is 25.8. The molecule has 3 aliphatic rings. The molecule has 1 aromatic rings. The molecule has 5 atom stereocenters. The first-order valence-electron chi connectivity index (χ1n) is 14.5. The zero-order valence-electron chi connectivity index (χ0n) is 25.0. The van der Waals surface area contributed by atoms with Crippen LogP contribution >= 0.6 is 11.6 Å². The molecule has 11 nitrogen and oxygen atoms in total. The fraction of sp³-hybridized carbons (Fsp3) is 0.633. The average molecular weight is 605 g/mol. The average Bonchev–Trinajstić information content (AvgIpc) is 3.61. The van der Waals surface area contributed by atoms with Gasteiger partial charge in [0.1, 0.15) is 17.7 Å². The van der Waals surface area contributed by atoms with Gasteiger partial charge in [-0.2, -0.15) is 0 Å². The van der Waals surface area contributed by atoms with Gasteiger partial charge >= 0.3 is 5.97 Å². The van der Waals surface area contributed by atoms with Crippen molar-refractivity contribution in [3.8, 4) is 0 Å². The van der Waals surface area contributed by atoms with Crippen molar-refractivity contribution in [1.82, 2.24) is 15.5 Å². The number of esters is 1. The number of benzene rings is 1. The summed E-state index contributed by atoms with van der Waals surface area (Å²) in [6.45, 7) is 11.5. The summed E-state index contributed by atoms with van der Waals surface area (Å²) < 4.78 is 10.9. The maximum Gasteiger partial charge on any atom is 0.310 e. The van der Waals surface area contributed by atoms with Crippen molar-refractivity contribution in [3.05, 3.63) is 28.8 Å². The number of piperidine rings is 1. The minimum absolute atomic E-state index is 0.0418. The lowest BCUT2D eigenvalue weighted by Crippen LogP contribution is -2.64. The van der Waals surface area contributed by atoms with E-state index in [9.17, 15) is 24.0 Å².